The predicted octanol–water partition coefficient (Wildman–Crippen LogP) is 5.02. The fourth-order valence-electron chi connectivity index (χ4n) is 6.74. The van der Waals surface area contributed by atoms with E-state index in [2.05, 4.69) is 46.9 Å². The van der Waals surface area contributed by atoms with Crippen molar-refractivity contribution in [1.29, 1.82) is 0 Å². The summed E-state index contributed by atoms with van der Waals surface area (Å²) in [5.41, 5.74) is 9.86. The molecule has 0 bridgehead atoms. The maximum Gasteiger partial charge on any atom is 0.251 e. The lowest BCUT2D eigenvalue weighted by atomic mass is 9.69. The number of hydrogen-bond acceptors (Lipinski definition) is 6. The molecule has 1 spiro atoms. The summed E-state index contributed by atoms with van der Waals surface area (Å²) in [5.74, 6) is 6.02. The fraction of sp³-hybridized carbons (Fsp3) is 0.516. The first-order chi connectivity index (χ1) is 19.9. The Kier molecular flexibility index (Phi) is 8.77. The molecular weight excluding hydrogens is 573 g/mol. The van der Waals surface area contributed by atoms with Crippen molar-refractivity contribution in [3.63, 3.8) is 0 Å². The number of nitrogens with two attached hydrogens (primary N) is 2. The van der Waals surface area contributed by atoms with Crippen molar-refractivity contribution >= 4 is 40.9 Å². The van der Waals surface area contributed by atoms with Crippen LogP contribution in [0.3, 0.4) is 0 Å². The number of nitrogens with zero attached hydrogens (tertiary/aromatic N) is 2. The number of halogens is 2. The van der Waals surface area contributed by atoms with Crippen molar-refractivity contribution in [3.05, 3.63) is 69.2 Å². The summed E-state index contributed by atoms with van der Waals surface area (Å²) in [7, 11) is 0. The molecule has 1 unspecified atom stereocenters. The Morgan fingerprint density at radius 3 is 2.26 bits per heavy atom. The van der Waals surface area contributed by atoms with Crippen molar-refractivity contribution < 1.29 is 9.59 Å². The third kappa shape index (κ3) is 6.39. The second kappa shape index (κ2) is 12.0. The molecule has 3 fully saturated rings. The van der Waals surface area contributed by atoms with E-state index in [1.165, 1.54) is 0 Å². The van der Waals surface area contributed by atoms with Crippen molar-refractivity contribution in [1.82, 2.24) is 21.1 Å². The van der Waals surface area contributed by atoms with Crippen LogP contribution in [0.1, 0.15) is 92.9 Å². The highest BCUT2D eigenvalue weighted by atomic mass is 35.5. The Balaban J connectivity index is 1.46. The molecule has 2 aromatic carbocycles. The maximum atomic E-state index is 14.5. The highest BCUT2D eigenvalue weighted by molar-refractivity contribution is 6.34. The van der Waals surface area contributed by atoms with Crippen molar-refractivity contribution in [2.75, 3.05) is 6.54 Å². The molecule has 2 aliphatic carbocycles. The molecule has 1 aliphatic heterocycles. The molecule has 7 N–H and O–H groups in total. The van der Waals surface area contributed by atoms with Crippen LogP contribution < -0.4 is 27.7 Å². The smallest absolute Gasteiger partial charge is 0.251 e. The Morgan fingerprint density at radius 2 is 1.71 bits per heavy atom. The van der Waals surface area contributed by atoms with E-state index in [9.17, 15) is 9.59 Å². The summed E-state index contributed by atoms with van der Waals surface area (Å²) in [6, 6.07) is 12.3. The number of hydrogen-bond donors (Lipinski definition) is 5. The zero-order valence-electron chi connectivity index (χ0n) is 24.4. The van der Waals surface area contributed by atoms with Crippen molar-refractivity contribution in [2.45, 2.75) is 77.0 Å². The molecule has 2 amide bonds. The van der Waals surface area contributed by atoms with Crippen LogP contribution in [-0.4, -0.2) is 34.8 Å². The summed E-state index contributed by atoms with van der Waals surface area (Å²) in [5, 5.41) is 11.2. The van der Waals surface area contributed by atoms with Crippen LogP contribution in [-0.2, 0) is 4.79 Å². The molecule has 2 saturated carbocycles. The number of rotatable bonds is 8. The van der Waals surface area contributed by atoms with Gasteiger partial charge in [-0.3, -0.25) is 14.9 Å². The number of carbonyl (C=O) groups excluding carboxylic acids is 2. The lowest BCUT2D eigenvalue weighted by Crippen LogP contribution is -2.56. The van der Waals surface area contributed by atoms with Gasteiger partial charge in [-0.25, -0.2) is 11.4 Å². The van der Waals surface area contributed by atoms with Gasteiger partial charge in [0.1, 0.15) is 11.9 Å². The minimum atomic E-state index is -0.533. The lowest BCUT2D eigenvalue weighted by molar-refractivity contribution is -0.138. The molecule has 0 radical (unpaired) electrons. The van der Waals surface area contributed by atoms with Gasteiger partial charge in [-0.2, -0.15) is 5.10 Å². The molecule has 11 heteroatoms. The first-order valence-corrected chi connectivity index (χ1v) is 15.4. The third-order valence-electron chi connectivity index (χ3n) is 9.11. The number of hydrazine groups is 1. The van der Waals surface area contributed by atoms with E-state index < -0.39 is 11.7 Å². The second-order valence-electron chi connectivity index (χ2n) is 13.0. The average molecular weight is 615 g/mol. The molecule has 226 valence electrons. The molecule has 0 aromatic heterocycles. The van der Waals surface area contributed by atoms with Gasteiger partial charge in [-0.05, 0) is 97.2 Å². The Hall–Kier alpha value is -2.85. The number of carbonyl (C=O) groups is 2. The first-order valence-electron chi connectivity index (χ1n) is 14.6. The van der Waals surface area contributed by atoms with E-state index in [1.807, 2.05) is 24.3 Å². The zero-order chi connectivity index (χ0) is 30.2. The first kappa shape index (κ1) is 30.6. The summed E-state index contributed by atoms with van der Waals surface area (Å²) >= 11 is 12.8. The molecule has 3 aliphatic rings. The normalized spacial score (nSPS) is 25.5. The summed E-state index contributed by atoms with van der Waals surface area (Å²) in [6.45, 7) is 6.98. The number of nitrogens with one attached hydrogen (secondary N) is 3. The minimum absolute atomic E-state index is 0.0459. The maximum absolute atomic E-state index is 14.5. The molecule has 1 heterocycles. The minimum Gasteiger partial charge on any atom is -0.384 e. The largest absolute Gasteiger partial charge is 0.384 e. The molecule has 5 rings (SSSR count). The van der Waals surface area contributed by atoms with E-state index in [1.54, 1.807) is 18.2 Å². The van der Waals surface area contributed by atoms with Gasteiger partial charge in [0.15, 0.2) is 0 Å². The van der Waals surface area contributed by atoms with Gasteiger partial charge in [0.05, 0.1) is 18.2 Å². The highest BCUT2D eigenvalue weighted by Crippen LogP contribution is 2.54. The van der Waals surface area contributed by atoms with Crippen molar-refractivity contribution in [2.24, 2.45) is 33.9 Å². The topological polar surface area (TPSA) is 138 Å². The zero-order valence-corrected chi connectivity index (χ0v) is 25.9. The number of amides is 2. The summed E-state index contributed by atoms with van der Waals surface area (Å²) in [4.78, 5) is 29.4. The predicted molar refractivity (Wildman–Crippen MR) is 167 cm³/mol. The second-order valence-corrected chi connectivity index (χ2v) is 13.9. The molecule has 42 heavy (non-hydrogen) atoms. The van der Waals surface area contributed by atoms with Gasteiger partial charge in [0.2, 0.25) is 5.91 Å². The van der Waals surface area contributed by atoms with Gasteiger partial charge in [-0.15, -0.1) is 0 Å². The van der Waals surface area contributed by atoms with Crippen LogP contribution in [0.15, 0.2) is 47.6 Å². The lowest BCUT2D eigenvalue weighted by Gasteiger charge is -2.49. The Morgan fingerprint density at radius 1 is 1.10 bits per heavy atom. The number of benzene rings is 2. The van der Waals surface area contributed by atoms with Gasteiger partial charge in [-0.1, -0.05) is 56.1 Å². The van der Waals surface area contributed by atoms with Crippen LogP contribution in [0.25, 0.3) is 0 Å². The van der Waals surface area contributed by atoms with Crippen LogP contribution in [0.5, 0.6) is 0 Å². The van der Waals surface area contributed by atoms with Gasteiger partial charge < -0.3 is 16.0 Å². The summed E-state index contributed by atoms with van der Waals surface area (Å²) < 4.78 is 0. The van der Waals surface area contributed by atoms with E-state index >= 15 is 0 Å². The van der Waals surface area contributed by atoms with Gasteiger partial charge in [0, 0.05) is 15.6 Å². The monoisotopic (exact) mass is 613 g/mol. The van der Waals surface area contributed by atoms with E-state index in [0.717, 1.165) is 49.7 Å². The fourth-order valence-corrected chi connectivity index (χ4v) is 7.28. The standard InChI is InChI=1S/C31H41Cl2N7O2/c1-30(2,3)22-10-12-31(13-11-22)37-26(21-14-23(32)16-24(33)15-21)29(42)40(31)27(18-4-5-18)19-6-8-20(9-7-19)28(41)36-17-25(34)38-39-35/h6-9,14-16,18,22,26-27,37,39H,4-5,10-13,17,35H2,1-3H3,(H2,34,38)(H,36,41)/t22?,26?,27-,31?/m1/s1. The highest BCUT2D eigenvalue weighted by Gasteiger charge is 2.57. The molecule has 9 nitrogen and oxygen atoms in total. The molecule has 1 saturated heterocycles. The Labute approximate surface area is 257 Å². The van der Waals surface area contributed by atoms with Crippen LogP contribution in [0, 0.1) is 17.3 Å². The quantitative estimate of drug-likeness (QED) is 0.123. The number of hydrazone groups is 1. The van der Waals surface area contributed by atoms with E-state index in [-0.39, 0.29) is 35.7 Å². The molecule has 2 atom stereocenters. The molecular formula is C31H41Cl2N7O2. The Bertz CT molecular complexity index is 1330. The van der Waals surface area contributed by atoms with Gasteiger partial charge >= 0.3 is 0 Å². The van der Waals surface area contributed by atoms with Gasteiger partial charge in [0.25, 0.3) is 5.91 Å². The SMILES string of the molecule is CC(C)(C)C1CCC2(CC1)NC(c1cc(Cl)cc(Cl)c1)C(=O)N2[C@@H](c1ccc(C(=O)NC/C(N)=N/NN)cc1)C1CC1. The van der Waals surface area contributed by atoms with Crippen molar-refractivity contribution in [3.8, 4) is 0 Å². The van der Waals surface area contributed by atoms with Crippen LogP contribution >= 0.6 is 23.2 Å². The average Bonchev–Trinajstić information content (AvgIpc) is 3.74. The van der Waals surface area contributed by atoms with E-state index in [4.69, 9.17) is 34.8 Å². The van der Waals surface area contributed by atoms with E-state index in [0.29, 0.717) is 27.4 Å². The van der Waals surface area contributed by atoms with Crippen LogP contribution in [0.2, 0.25) is 10.0 Å². The number of amidine groups is 1. The third-order valence-corrected chi connectivity index (χ3v) is 9.55. The molecule has 2 aromatic rings. The van der Waals surface area contributed by atoms with Crippen LogP contribution in [0.4, 0.5) is 0 Å². The summed E-state index contributed by atoms with van der Waals surface area (Å²) in [6.07, 6.45) is 5.92.